The number of hydrogen-bond acceptors (Lipinski definition) is 4. The van der Waals surface area contributed by atoms with Crippen molar-refractivity contribution in [1.29, 1.82) is 0 Å². The third-order valence-corrected chi connectivity index (χ3v) is 4.89. The van der Waals surface area contributed by atoms with Crippen molar-refractivity contribution in [1.82, 2.24) is 10.6 Å². The van der Waals surface area contributed by atoms with Crippen molar-refractivity contribution in [2.75, 3.05) is 13.1 Å². The molecule has 0 radical (unpaired) electrons. The minimum atomic E-state index is -0.0721. The molecule has 1 heterocycles. The van der Waals surface area contributed by atoms with Gasteiger partial charge in [-0.15, -0.1) is 12.4 Å². The zero-order valence-electron chi connectivity index (χ0n) is 13.3. The van der Waals surface area contributed by atoms with Crippen molar-refractivity contribution < 1.29 is 9.59 Å². The van der Waals surface area contributed by atoms with E-state index >= 15 is 0 Å². The van der Waals surface area contributed by atoms with E-state index in [0.29, 0.717) is 37.4 Å². The monoisotopic (exact) mass is 359 g/mol. The van der Waals surface area contributed by atoms with E-state index in [9.17, 15) is 9.59 Å². The second-order valence-electron chi connectivity index (χ2n) is 5.83. The average molecular weight is 360 g/mol. The molecule has 1 aromatic rings. The van der Waals surface area contributed by atoms with Gasteiger partial charge in [0.2, 0.25) is 5.91 Å². The number of carbonyl (C=O) groups is 2. The van der Waals surface area contributed by atoms with E-state index < -0.39 is 0 Å². The van der Waals surface area contributed by atoms with Crippen molar-refractivity contribution >= 4 is 35.6 Å². The first kappa shape index (κ1) is 19.9. The van der Waals surface area contributed by atoms with Crippen LogP contribution < -0.4 is 16.4 Å². The molecule has 1 aliphatic carbocycles. The van der Waals surface area contributed by atoms with Gasteiger partial charge < -0.3 is 16.4 Å². The molecule has 1 aliphatic rings. The van der Waals surface area contributed by atoms with Crippen LogP contribution in [0.25, 0.3) is 0 Å². The molecule has 2 rings (SSSR count). The van der Waals surface area contributed by atoms with Crippen molar-refractivity contribution in [3.8, 4) is 0 Å². The standard InChI is InChI=1S/C16H25N3O2S.ClH/c17-10-12-4-1-2-5-14(12)19-15(20)6-3-8-18-16(21)13-7-9-22-11-13;/h7,9,11-12,14H,1-6,8,10,17H2,(H,18,21)(H,19,20);1H. The summed E-state index contributed by atoms with van der Waals surface area (Å²) in [5.41, 5.74) is 6.46. The Hall–Kier alpha value is -1.11. The normalized spacial score (nSPS) is 20.4. The molecule has 23 heavy (non-hydrogen) atoms. The van der Waals surface area contributed by atoms with Gasteiger partial charge in [0.05, 0.1) is 0 Å². The first-order chi connectivity index (χ1) is 10.7. The lowest BCUT2D eigenvalue weighted by molar-refractivity contribution is -0.122. The van der Waals surface area contributed by atoms with Crippen molar-refractivity contribution in [2.45, 2.75) is 44.6 Å². The summed E-state index contributed by atoms with van der Waals surface area (Å²) in [6, 6.07) is 2.02. The molecule has 5 nitrogen and oxygen atoms in total. The molecule has 7 heteroatoms. The summed E-state index contributed by atoms with van der Waals surface area (Å²) in [4.78, 5) is 23.7. The molecule has 1 saturated carbocycles. The molecule has 0 bridgehead atoms. The molecule has 130 valence electrons. The molecule has 2 unspecified atom stereocenters. The molecule has 0 aromatic carbocycles. The van der Waals surface area contributed by atoms with E-state index in [1.165, 1.54) is 17.8 Å². The first-order valence-electron chi connectivity index (χ1n) is 8.00. The number of nitrogens with two attached hydrogens (primary N) is 1. The van der Waals surface area contributed by atoms with E-state index in [1.54, 1.807) is 6.07 Å². The van der Waals surface area contributed by atoms with Gasteiger partial charge in [-0.1, -0.05) is 12.8 Å². The number of halogens is 1. The third kappa shape index (κ3) is 6.49. The largest absolute Gasteiger partial charge is 0.353 e. The fourth-order valence-corrected chi connectivity index (χ4v) is 3.54. The van der Waals surface area contributed by atoms with Crippen molar-refractivity contribution in [3.05, 3.63) is 22.4 Å². The van der Waals surface area contributed by atoms with E-state index in [1.807, 2.05) is 10.8 Å². The van der Waals surface area contributed by atoms with Crippen LogP contribution in [0.3, 0.4) is 0 Å². The molecule has 0 saturated heterocycles. The summed E-state index contributed by atoms with van der Waals surface area (Å²) in [7, 11) is 0. The number of rotatable bonds is 7. The van der Waals surface area contributed by atoms with Crippen molar-refractivity contribution in [3.63, 3.8) is 0 Å². The number of thiophene rings is 1. The van der Waals surface area contributed by atoms with Crippen LogP contribution in [0.4, 0.5) is 0 Å². The Kier molecular flexibility index (Phi) is 9.21. The summed E-state index contributed by atoms with van der Waals surface area (Å²) in [5, 5.41) is 9.63. The SMILES string of the molecule is Cl.NCC1CCCCC1NC(=O)CCCNC(=O)c1ccsc1. The van der Waals surface area contributed by atoms with Crippen LogP contribution in [0.5, 0.6) is 0 Å². The topological polar surface area (TPSA) is 84.2 Å². The molecular weight excluding hydrogens is 334 g/mol. The summed E-state index contributed by atoms with van der Waals surface area (Å²) in [6.07, 6.45) is 5.61. The summed E-state index contributed by atoms with van der Waals surface area (Å²) in [6.45, 7) is 1.16. The highest BCUT2D eigenvalue weighted by Gasteiger charge is 2.24. The smallest absolute Gasteiger partial charge is 0.252 e. The van der Waals surface area contributed by atoms with Gasteiger partial charge in [0.1, 0.15) is 0 Å². The van der Waals surface area contributed by atoms with E-state index in [2.05, 4.69) is 10.6 Å². The Labute approximate surface area is 147 Å². The van der Waals surface area contributed by atoms with Gasteiger partial charge in [-0.2, -0.15) is 11.3 Å². The number of carbonyl (C=O) groups excluding carboxylic acids is 2. The van der Waals surface area contributed by atoms with Crippen LogP contribution in [0, 0.1) is 5.92 Å². The first-order valence-corrected chi connectivity index (χ1v) is 8.95. The second kappa shape index (κ2) is 10.6. The third-order valence-electron chi connectivity index (χ3n) is 4.21. The number of nitrogens with one attached hydrogen (secondary N) is 2. The van der Waals surface area contributed by atoms with Gasteiger partial charge in [-0.05, 0) is 43.2 Å². The van der Waals surface area contributed by atoms with Crippen LogP contribution in [0.2, 0.25) is 0 Å². The molecule has 0 aliphatic heterocycles. The van der Waals surface area contributed by atoms with Gasteiger partial charge >= 0.3 is 0 Å². The van der Waals surface area contributed by atoms with Gasteiger partial charge in [-0.3, -0.25) is 9.59 Å². The van der Waals surface area contributed by atoms with Crippen LogP contribution in [-0.4, -0.2) is 30.9 Å². The molecule has 2 amide bonds. The molecular formula is C16H26ClN3O2S. The van der Waals surface area contributed by atoms with Gasteiger partial charge in [-0.25, -0.2) is 0 Å². The highest BCUT2D eigenvalue weighted by molar-refractivity contribution is 7.08. The molecule has 1 aromatic heterocycles. The maximum Gasteiger partial charge on any atom is 0.252 e. The average Bonchev–Trinajstić information content (AvgIpc) is 3.06. The minimum absolute atomic E-state index is 0. The van der Waals surface area contributed by atoms with Crippen LogP contribution >= 0.6 is 23.7 Å². The lowest BCUT2D eigenvalue weighted by Crippen LogP contribution is -2.44. The Morgan fingerprint density at radius 2 is 2.09 bits per heavy atom. The predicted octanol–water partition coefficient (Wildman–Crippen LogP) is 2.31. The van der Waals surface area contributed by atoms with Gasteiger partial charge in [0, 0.05) is 30.0 Å². The summed E-state index contributed by atoms with van der Waals surface area (Å²) >= 11 is 1.50. The minimum Gasteiger partial charge on any atom is -0.353 e. The fraction of sp³-hybridized carbons (Fsp3) is 0.625. The second-order valence-corrected chi connectivity index (χ2v) is 6.61. The highest BCUT2D eigenvalue weighted by Crippen LogP contribution is 2.23. The summed E-state index contributed by atoms with van der Waals surface area (Å²) in [5.74, 6) is 0.406. The van der Waals surface area contributed by atoms with E-state index in [4.69, 9.17) is 5.73 Å². The Balaban J connectivity index is 0.00000264. The van der Waals surface area contributed by atoms with Gasteiger partial charge in [0.25, 0.3) is 5.91 Å². The number of amides is 2. The molecule has 2 atom stereocenters. The lowest BCUT2D eigenvalue weighted by atomic mass is 9.84. The maximum atomic E-state index is 12.0. The highest BCUT2D eigenvalue weighted by atomic mass is 35.5. The molecule has 4 N–H and O–H groups in total. The van der Waals surface area contributed by atoms with E-state index in [0.717, 1.165) is 19.3 Å². The van der Waals surface area contributed by atoms with E-state index in [-0.39, 0.29) is 30.3 Å². The van der Waals surface area contributed by atoms with Crippen molar-refractivity contribution in [2.24, 2.45) is 11.7 Å². The fourth-order valence-electron chi connectivity index (χ4n) is 2.91. The zero-order valence-corrected chi connectivity index (χ0v) is 14.9. The zero-order chi connectivity index (χ0) is 15.8. The quantitative estimate of drug-likeness (QED) is 0.653. The molecule has 1 fully saturated rings. The Bertz CT molecular complexity index is 482. The van der Waals surface area contributed by atoms with Crippen LogP contribution in [0.15, 0.2) is 16.8 Å². The van der Waals surface area contributed by atoms with Gasteiger partial charge in [0.15, 0.2) is 0 Å². The predicted molar refractivity (Wildman–Crippen MR) is 96.1 cm³/mol. The molecule has 0 spiro atoms. The number of hydrogen-bond donors (Lipinski definition) is 3. The summed E-state index contributed by atoms with van der Waals surface area (Å²) < 4.78 is 0. The van der Waals surface area contributed by atoms with Crippen LogP contribution in [-0.2, 0) is 4.79 Å². The van der Waals surface area contributed by atoms with Crippen LogP contribution in [0.1, 0.15) is 48.9 Å². The lowest BCUT2D eigenvalue weighted by Gasteiger charge is -2.31. The maximum absolute atomic E-state index is 12.0. The Morgan fingerprint density at radius 1 is 1.30 bits per heavy atom. The Morgan fingerprint density at radius 3 is 2.78 bits per heavy atom.